The average Bonchev–Trinajstić information content (AvgIpc) is 2.77. The summed E-state index contributed by atoms with van der Waals surface area (Å²) in [5.41, 5.74) is 6.57. The van der Waals surface area contributed by atoms with Crippen LogP contribution >= 0.6 is 0 Å². The van der Waals surface area contributed by atoms with Gasteiger partial charge >= 0.3 is 0 Å². The van der Waals surface area contributed by atoms with E-state index in [1.807, 2.05) is 0 Å². The number of ether oxygens (including phenoxy) is 1. The highest BCUT2D eigenvalue weighted by Crippen LogP contribution is 2.34. The number of carbonyl (C=O) groups excluding carboxylic acids is 1. The molecule has 0 amide bonds. The summed E-state index contributed by atoms with van der Waals surface area (Å²) in [4.78, 5) is 12.2. The van der Waals surface area contributed by atoms with Crippen molar-refractivity contribution in [3.63, 3.8) is 0 Å². The Morgan fingerprint density at radius 2 is 2.33 bits per heavy atom. The van der Waals surface area contributed by atoms with Gasteiger partial charge in [-0.15, -0.1) is 0 Å². The Bertz CT molecular complexity index is 273. The van der Waals surface area contributed by atoms with Gasteiger partial charge in [0.25, 0.3) is 0 Å². The predicted octanol–water partition coefficient (Wildman–Crippen LogP) is 1.62. The Morgan fingerprint density at radius 3 is 3.00 bits per heavy atom. The monoisotopic (exact) mass is 209 g/mol. The van der Waals surface area contributed by atoms with Crippen molar-refractivity contribution in [3.05, 3.63) is 11.8 Å². The molecule has 0 aromatic heterocycles. The molecule has 0 saturated heterocycles. The van der Waals surface area contributed by atoms with Gasteiger partial charge in [-0.25, -0.2) is 0 Å². The summed E-state index contributed by atoms with van der Waals surface area (Å²) in [5, 5.41) is 0. The molecule has 1 fully saturated rings. The first kappa shape index (κ1) is 10.7. The molecule has 15 heavy (non-hydrogen) atoms. The van der Waals surface area contributed by atoms with Crippen LogP contribution in [0.2, 0.25) is 0 Å². The number of hydrogen-bond acceptors (Lipinski definition) is 3. The maximum absolute atomic E-state index is 12.2. The smallest absolute Gasteiger partial charge is 0.165 e. The zero-order valence-corrected chi connectivity index (χ0v) is 9.08. The lowest BCUT2D eigenvalue weighted by molar-refractivity contribution is -0.120. The Morgan fingerprint density at radius 1 is 1.47 bits per heavy atom. The maximum Gasteiger partial charge on any atom is 0.165 e. The Balaban J connectivity index is 2.03. The second kappa shape index (κ2) is 4.79. The van der Waals surface area contributed by atoms with Crippen LogP contribution in [0, 0.1) is 11.8 Å². The number of Topliss-reactive ketones (excluding diaryl/α,β-unsaturated/α-hetero) is 1. The summed E-state index contributed by atoms with van der Waals surface area (Å²) >= 11 is 0. The maximum atomic E-state index is 12.2. The van der Waals surface area contributed by atoms with Gasteiger partial charge in [0.2, 0.25) is 0 Å². The molecule has 0 spiro atoms. The van der Waals surface area contributed by atoms with Gasteiger partial charge in [0, 0.05) is 11.5 Å². The van der Waals surface area contributed by atoms with E-state index in [9.17, 15) is 4.79 Å². The van der Waals surface area contributed by atoms with Crippen LogP contribution in [0.3, 0.4) is 0 Å². The molecule has 84 valence electrons. The van der Waals surface area contributed by atoms with Gasteiger partial charge in [-0.1, -0.05) is 6.42 Å². The predicted molar refractivity (Wildman–Crippen MR) is 58.2 cm³/mol. The fourth-order valence-electron chi connectivity index (χ4n) is 2.65. The van der Waals surface area contributed by atoms with Crippen molar-refractivity contribution < 1.29 is 9.53 Å². The van der Waals surface area contributed by atoms with E-state index in [-0.39, 0.29) is 5.92 Å². The molecule has 1 aliphatic carbocycles. The number of rotatable bonds is 3. The number of hydrogen-bond donors (Lipinski definition) is 1. The summed E-state index contributed by atoms with van der Waals surface area (Å²) in [6.07, 6.45) is 6.79. The van der Waals surface area contributed by atoms with E-state index >= 15 is 0 Å². The molecule has 0 aromatic rings. The van der Waals surface area contributed by atoms with Crippen molar-refractivity contribution in [3.8, 4) is 0 Å². The molecular weight excluding hydrogens is 190 g/mol. The largest absolute Gasteiger partial charge is 0.501 e. The zero-order valence-electron chi connectivity index (χ0n) is 9.08. The quantitative estimate of drug-likeness (QED) is 0.768. The first-order chi connectivity index (χ1) is 7.33. The van der Waals surface area contributed by atoms with Crippen LogP contribution in [0.4, 0.5) is 0 Å². The SMILES string of the molecule is NCC1CCCC1C(=O)C1=COCCC1. The van der Waals surface area contributed by atoms with Gasteiger partial charge in [-0.2, -0.15) is 0 Å². The molecular formula is C12H19NO2. The Labute approximate surface area is 90.7 Å². The van der Waals surface area contributed by atoms with Gasteiger partial charge in [0.1, 0.15) is 0 Å². The lowest BCUT2D eigenvalue weighted by Crippen LogP contribution is -2.27. The van der Waals surface area contributed by atoms with Crippen molar-refractivity contribution >= 4 is 5.78 Å². The molecule has 0 aromatic carbocycles. The lowest BCUT2D eigenvalue weighted by Gasteiger charge is -2.20. The van der Waals surface area contributed by atoms with Crippen molar-refractivity contribution in [1.82, 2.24) is 0 Å². The number of ketones is 1. The first-order valence-corrected chi connectivity index (χ1v) is 5.88. The average molecular weight is 209 g/mol. The minimum atomic E-state index is 0.169. The minimum Gasteiger partial charge on any atom is -0.501 e. The highest BCUT2D eigenvalue weighted by molar-refractivity contribution is 5.97. The summed E-state index contributed by atoms with van der Waals surface area (Å²) in [6.45, 7) is 1.40. The number of nitrogens with two attached hydrogens (primary N) is 1. The second-order valence-corrected chi connectivity index (χ2v) is 4.51. The highest BCUT2D eigenvalue weighted by atomic mass is 16.5. The summed E-state index contributed by atoms with van der Waals surface area (Å²) in [5.74, 6) is 0.867. The Kier molecular flexibility index (Phi) is 3.41. The minimum absolute atomic E-state index is 0.169. The highest BCUT2D eigenvalue weighted by Gasteiger charge is 2.33. The van der Waals surface area contributed by atoms with Gasteiger partial charge < -0.3 is 10.5 Å². The van der Waals surface area contributed by atoms with Crippen LogP contribution in [-0.2, 0) is 9.53 Å². The molecule has 1 saturated carbocycles. The molecule has 0 radical (unpaired) electrons. The van der Waals surface area contributed by atoms with Crippen LogP contribution in [0.25, 0.3) is 0 Å². The summed E-state index contributed by atoms with van der Waals surface area (Å²) in [7, 11) is 0. The fourth-order valence-corrected chi connectivity index (χ4v) is 2.65. The normalized spacial score (nSPS) is 30.9. The lowest BCUT2D eigenvalue weighted by atomic mass is 9.87. The molecule has 2 aliphatic rings. The number of carbonyl (C=O) groups is 1. The standard InChI is InChI=1S/C12H19NO2/c13-7-9-3-1-5-11(9)12(14)10-4-2-6-15-8-10/h8-9,11H,1-7,13H2. The molecule has 0 bridgehead atoms. The fraction of sp³-hybridized carbons (Fsp3) is 0.750. The zero-order chi connectivity index (χ0) is 10.7. The van der Waals surface area contributed by atoms with Crippen LogP contribution in [0.5, 0.6) is 0 Å². The van der Waals surface area contributed by atoms with Gasteiger partial charge in [-0.05, 0) is 38.1 Å². The van der Waals surface area contributed by atoms with Crippen molar-refractivity contribution in [1.29, 1.82) is 0 Å². The first-order valence-electron chi connectivity index (χ1n) is 5.88. The topological polar surface area (TPSA) is 52.3 Å². The second-order valence-electron chi connectivity index (χ2n) is 4.51. The van der Waals surface area contributed by atoms with E-state index in [0.717, 1.165) is 44.3 Å². The third-order valence-electron chi connectivity index (χ3n) is 3.55. The van der Waals surface area contributed by atoms with E-state index in [2.05, 4.69) is 0 Å². The third-order valence-corrected chi connectivity index (χ3v) is 3.55. The van der Waals surface area contributed by atoms with E-state index in [4.69, 9.17) is 10.5 Å². The molecule has 2 unspecified atom stereocenters. The van der Waals surface area contributed by atoms with Gasteiger partial charge in [0.15, 0.2) is 5.78 Å². The van der Waals surface area contributed by atoms with E-state index in [0.29, 0.717) is 18.2 Å². The molecule has 3 nitrogen and oxygen atoms in total. The van der Waals surface area contributed by atoms with E-state index < -0.39 is 0 Å². The van der Waals surface area contributed by atoms with E-state index in [1.165, 1.54) is 0 Å². The summed E-state index contributed by atoms with van der Waals surface area (Å²) < 4.78 is 5.22. The third kappa shape index (κ3) is 2.23. The van der Waals surface area contributed by atoms with Gasteiger partial charge in [-0.3, -0.25) is 4.79 Å². The van der Waals surface area contributed by atoms with Crippen molar-refractivity contribution in [2.45, 2.75) is 32.1 Å². The van der Waals surface area contributed by atoms with Crippen LogP contribution in [0.1, 0.15) is 32.1 Å². The number of allylic oxidation sites excluding steroid dienone is 1. The molecule has 3 heteroatoms. The van der Waals surface area contributed by atoms with E-state index in [1.54, 1.807) is 6.26 Å². The molecule has 1 aliphatic heterocycles. The van der Waals surface area contributed by atoms with Crippen LogP contribution in [-0.4, -0.2) is 18.9 Å². The molecule has 2 rings (SSSR count). The van der Waals surface area contributed by atoms with Gasteiger partial charge in [0.05, 0.1) is 12.9 Å². The van der Waals surface area contributed by atoms with Crippen molar-refractivity contribution in [2.24, 2.45) is 17.6 Å². The van der Waals surface area contributed by atoms with Crippen LogP contribution in [0.15, 0.2) is 11.8 Å². The van der Waals surface area contributed by atoms with Crippen molar-refractivity contribution in [2.75, 3.05) is 13.2 Å². The van der Waals surface area contributed by atoms with Crippen LogP contribution < -0.4 is 5.73 Å². The molecule has 1 heterocycles. The Hall–Kier alpha value is -0.830. The summed E-state index contributed by atoms with van der Waals surface area (Å²) in [6, 6.07) is 0. The molecule has 2 N–H and O–H groups in total. The molecule has 2 atom stereocenters.